The number of nitrogens with one attached hydrogen (secondary N) is 2. The van der Waals surface area contributed by atoms with Gasteiger partial charge in [0.05, 0.1) is 0 Å². The fraction of sp³-hybridized carbons (Fsp3) is 1.00. The van der Waals surface area contributed by atoms with E-state index in [1.165, 1.54) is 0 Å². The van der Waals surface area contributed by atoms with Crippen LogP contribution in [-0.4, -0.2) is 27.0 Å². The van der Waals surface area contributed by atoms with Gasteiger partial charge in [-0.1, -0.05) is 6.42 Å². The molecule has 0 aromatic carbocycles. The molecule has 1 rings (SSSR count). The van der Waals surface area contributed by atoms with Gasteiger partial charge in [-0.3, -0.25) is 0 Å². The van der Waals surface area contributed by atoms with Crippen molar-refractivity contribution in [1.82, 2.24) is 10.0 Å². The van der Waals surface area contributed by atoms with Crippen LogP contribution in [0.15, 0.2) is 0 Å². The van der Waals surface area contributed by atoms with Gasteiger partial charge in [0.25, 0.3) is 10.2 Å². The number of hydrogen-bond donors (Lipinski definition) is 3. The van der Waals surface area contributed by atoms with Crippen molar-refractivity contribution >= 4 is 10.2 Å². The molecule has 6 heteroatoms. The van der Waals surface area contributed by atoms with Crippen LogP contribution in [0, 0.1) is 0 Å². The summed E-state index contributed by atoms with van der Waals surface area (Å²) in [6.45, 7) is 2.49. The largest absolute Gasteiger partial charge is 0.310 e. The summed E-state index contributed by atoms with van der Waals surface area (Å²) in [4.78, 5) is 0. The van der Waals surface area contributed by atoms with Gasteiger partial charge in [-0.05, 0) is 19.8 Å². The SMILES string of the molecule is CC1CCCC(CNS(N)(=O)=O)N1. The van der Waals surface area contributed by atoms with Gasteiger partial charge in [-0.2, -0.15) is 8.42 Å². The third kappa shape index (κ3) is 4.56. The summed E-state index contributed by atoms with van der Waals surface area (Å²) in [5.41, 5.74) is 0. The predicted molar refractivity (Wildman–Crippen MR) is 51.3 cm³/mol. The monoisotopic (exact) mass is 207 g/mol. The lowest BCUT2D eigenvalue weighted by atomic mass is 10.00. The Hall–Kier alpha value is -0.170. The van der Waals surface area contributed by atoms with E-state index in [2.05, 4.69) is 17.0 Å². The van der Waals surface area contributed by atoms with Crippen LogP contribution in [0.4, 0.5) is 0 Å². The molecule has 0 spiro atoms. The normalized spacial score (nSPS) is 30.3. The zero-order valence-electron chi connectivity index (χ0n) is 7.79. The van der Waals surface area contributed by atoms with Gasteiger partial charge in [-0.25, -0.2) is 9.86 Å². The van der Waals surface area contributed by atoms with Gasteiger partial charge in [0.2, 0.25) is 0 Å². The average molecular weight is 207 g/mol. The Kier molecular flexibility index (Phi) is 3.66. The summed E-state index contributed by atoms with van der Waals surface area (Å²) in [7, 11) is -3.53. The van der Waals surface area contributed by atoms with E-state index in [1.807, 2.05) is 0 Å². The number of rotatable bonds is 3. The van der Waals surface area contributed by atoms with E-state index in [0.29, 0.717) is 12.6 Å². The standard InChI is InChI=1S/C7H17N3O2S/c1-6-3-2-4-7(10-6)5-9-13(8,11)12/h6-7,9-10H,2-5H2,1H3,(H2,8,11,12). The van der Waals surface area contributed by atoms with Crippen molar-refractivity contribution in [2.45, 2.75) is 38.3 Å². The van der Waals surface area contributed by atoms with Crippen LogP contribution in [0.2, 0.25) is 0 Å². The highest BCUT2D eigenvalue weighted by Gasteiger charge is 2.18. The van der Waals surface area contributed by atoms with Gasteiger partial charge >= 0.3 is 0 Å². The molecule has 1 aliphatic heterocycles. The summed E-state index contributed by atoms with van der Waals surface area (Å²) in [6.07, 6.45) is 3.31. The van der Waals surface area contributed by atoms with Crippen molar-refractivity contribution in [3.63, 3.8) is 0 Å². The minimum Gasteiger partial charge on any atom is -0.310 e. The summed E-state index contributed by atoms with van der Waals surface area (Å²) in [6, 6.07) is 0.697. The molecule has 1 fully saturated rings. The first-order valence-electron chi connectivity index (χ1n) is 4.51. The number of nitrogens with two attached hydrogens (primary N) is 1. The van der Waals surface area contributed by atoms with Crippen molar-refractivity contribution in [3.8, 4) is 0 Å². The summed E-state index contributed by atoms with van der Waals surface area (Å²) in [5, 5.41) is 8.13. The second-order valence-electron chi connectivity index (χ2n) is 3.59. The van der Waals surface area contributed by atoms with E-state index in [-0.39, 0.29) is 6.04 Å². The van der Waals surface area contributed by atoms with Crippen LogP contribution in [0.5, 0.6) is 0 Å². The van der Waals surface area contributed by atoms with Crippen LogP contribution in [0.25, 0.3) is 0 Å². The lowest BCUT2D eigenvalue weighted by Crippen LogP contribution is -2.48. The highest BCUT2D eigenvalue weighted by molar-refractivity contribution is 7.87. The molecule has 2 atom stereocenters. The maximum atomic E-state index is 10.6. The third-order valence-electron chi connectivity index (χ3n) is 2.24. The van der Waals surface area contributed by atoms with Crippen molar-refractivity contribution in [2.75, 3.05) is 6.54 Å². The topological polar surface area (TPSA) is 84.2 Å². The highest BCUT2D eigenvalue weighted by Crippen LogP contribution is 2.11. The molecule has 1 aliphatic rings. The molecule has 0 aliphatic carbocycles. The minimum absolute atomic E-state index is 0.224. The first-order chi connectivity index (χ1) is 5.97. The molecule has 0 aromatic heterocycles. The molecule has 0 aromatic rings. The average Bonchev–Trinajstić information content (AvgIpc) is 2.00. The minimum atomic E-state index is -3.53. The van der Waals surface area contributed by atoms with Crippen molar-refractivity contribution in [2.24, 2.45) is 5.14 Å². The molecule has 4 N–H and O–H groups in total. The lowest BCUT2D eigenvalue weighted by molar-refractivity contribution is 0.334. The molecule has 0 radical (unpaired) electrons. The van der Waals surface area contributed by atoms with Gasteiger partial charge < -0.3 is 5.32 Å². The van der Waals surface area contributed by atoms with E-state index in [0.717, 1.165) is 19.3 Å². The molecule has 1 saturated heterocycles. The van der Waals surface area contributed by atoms with Crippen LogP contribution in [-0.2, 0) is 10.2 Å². The Balaban J connectivity index is 2.29. The molecule has 1 heterocycles. The third-order valence-corrected chi connectivity index (χ3v) is 2.81. The van der Waals surface area contributed by atoms with Gasteiger partial charge in [0.1, 0.15) is 0 Å². The first-order valence-corrected chi connectivity index (χ1v) is 6.05. The molecule has 2 unspecified atom stereocenters. The predicted octanol–water partition coefficient (Wildman–Crippen LogP) is -0.690. The lowest BCUT2D eigenvalue weighted by Gasteiger charge is -2.28. The quantitative estimate of drug-likeness (QED) is 0.572. The fourth-order valence-electron chi connectivity index (χ4n) is 1.62. The number of hydrogen-bond acceptors (Lipinski definition) is 3. The Bertz CT molecular complexity index is 252. The fourth-order valence-corrected chi connectivity index (χ4v) is 2.05. The van der Waals surface area contributed by atoms with Crippen LogP contribution in [0.1, 0.15) is 26.2 Å². The first kappa shape index (κ1) is 10.9. The Morgan fingerprint density at radius 2 is 2.23 bits per heavy atom. The molecular weight excluding hydrogens is 190 g/mol. The summed E-state index contributed by atoms with van der Waals surface area (Å²) < 4.78 is 23.5. The van der Waals surface area contributed by atoms with Gasteiger partial charge in [-0.15, -0.1) is 0 Å². The second kappa shape index (κ2) is 4.36. The summed E-state index contributed by atoms with van der Waals surface area (Å²) >= 11 is 0. The molecule has 78 valence electrons. The smallest absolute Gasteiger partial charge is 0.274 e. The Morgan fingerprint density at radius 1 is 1.54 bits per heavy atom. The van der Waals surface area contributed by atoms with E-state index in [1.54, 1.807) is 0 Å². The van der Waals surface area contributed by atoms with Crippen molar-refractivity contribution in [3.05, 3.63) is 0 Å². The molecule has 0 saturated carbocycles. The van der Waals surface area contributed by atoms with Crippen LogP contribution < -0.4 is 15.2 Å². The molecule has 13 heavy (non-hydrogen) atoms. The van der Waals surface area contributed by atoms with E-state index >= 15 is 0 Å². The van der Waals surface area contributed by atoms with Crippen LogP contribution in [0.3, 0.4) is 0 Å². The molecule has 0 amide bonds. The van der Waals surface area contributed by atoms with E-state index in [9.17, 15) is 8.42 Å². The Labute approximate surface area is 79.3 Å². The summed E-state index contributed by atoms with van der Waals surface area (Å²) in [5.74, 6) is 0. The van der Waals surface area contributed by atoms with E-state index < -0.39 is 10.2 Å². The molecule has 5 nitrogen and oxygen atoms in total. The van der Waals surface area contributed by atoms with E-state index in [4.69, 9.17) is 5.14 Å². The van der Waals surface area contributed by atoms with Gasteiger partial charge in [0.15, 0.2) is 0 Å². The van der Waals surface area contributed by atoms with Crippen LogP contribution >= 0.6 is 0 Å². The molecule has 0 bridgehead atoms. The van der Waals surface area contributed by atoms with Crippen molar-refractivity contribution in [1.29, 1.82) is 0 Å². The molecular formula is C7H17N3O2S. The number of piperidine rings is 1. The van der Waals surface area contributed by atoms with Gasteiger partial charge in [0, 0.05) is 18.6 Å². The van der Waals surface area contributed by atoms with Crippen molar-refractivity contribution < 1.29 is 8.42 Å². The zero-order chi connectivity index (χ0) is 9.90. The Morgan fingerprint density at radius 3 is 2.77 bits per heavy atom. The highest BCUT2D eigenvalue weighted by atomic mass is 32.2. The maximum absolute atomic E-state index is 10.6. The maximum Gasteiger partial charge on any atom is 0.274 e. The zero-order valence-corrected chi connectivity index (χ0v) is 8.60. The second-order valence-corrected chi connectivity index (χ2v) is 4.97.